The highest BCUT2D eigenvalue weighted by molar-refractivity contribution is 5.99. The Bertz CT molecular complexity index is 945. The minimum Gasteiger partial charge on any atom is -0.489 e. The molecule has 1 fully saturated rings. The molecule has 1 atom stereocenters. The summed E-state index contributed by atoms with van der Waals surface area (Å²) in [7, 11) is 0. The molecule has 1 heterocycles. The molecule has 164 valence electrons. The summed E-state index contributed by atoms with van der Waals surface area (Å²) in [4.78, 5) is 37.2. The molecule has 0 spiro atoms. The third kappa shape index (κ3) is 5.63. The average Bonchev–Trinajstić information content (AvgIpc) is 3.17. The van der Waals surface area contributed by atoms with E-state index in [1.54, 1.807) is 24.3 Å². The highest BCUT2D eigenvalue weighted by atomic mass is 16.5. The Morgan fingerprint density at radius 3 is 2.26 bits per heavy atom. The summed E-state index contributed by atoms with van der Waals surface area (Å²) in [6.07, 6.45) is -1.05. The first-order chi connectivity index (χ1) is 14.6. The molecule has 0 saturated carbocycles. The van der Waals surface area contributed by atoms with Gasteiger partial charge >= 0.3 is 12.0 Å². The maximum Gasteiger partial charge on any atom is 0.338 e. The Kier molecular flexibility index (Phi) is 6.63. The summed E-state index contributed by atoms with van der Waals surface area (Å²) in [5.74, 6) is -0.383. The molecule has 0 aliphatic carbocycles. The third-order valence-electron chi connectivity index (χ3n) is 5.07. The number of hydrogen-bond acceptors (Lipinski definition) is 5. The quantitative estimate of drug-likeness (QED) is 0.716. The van der Waals surface area contributed by atoms with E-state index in [4.69, 9.17) is 9.47 Å². The van der Waals surface area contributed by atoms with Gasteiger partial charge in [-0.2, -0.15) is 0 Å². The smallest absolute Gasteiger partial charge is 0.338 e. The van der Waals surface area contributed by atoms with E-state index in [0.29, 0.717) is 18.7 Å². The van der Waals surface area contributed by atoms with Gasteiger partial charge in [-0.05, 0) is 47.7 Å². The van der Waals surface area contributed by atoms with Gasteiger partial charge in [0.25, 0.3) is 5.91 Å². The van der Waals surface area contributed by atoms with Crippen molar-refractivity contribution in [3.63, 3.8) is 0 Å². The van der Waals surface area contributed by atoms with Crippen LogP contribution in [0.25, 0.3) is 0 Å². The molecule has 2 aromatic rings. The van der Waals surface area contributed by atoms with Crippen molar-refractivity contribution in [3.05, 3.63) is 65.2 Å². The van der Waals surface area contributed by atoms with E-state index in [2.05, 4.69) is 38.2 Å². The molecule has 1 aliphatic heterocycles. The molecule has 0 radical (unpaired) electrons. The number of nitrogens with zero attached hydrogens (tertiary/aromatic N) is 1. The number of carbonyl (C=O) groups is 3. The molecule has 1 unspecified atom stereocenters. The standard InChI is InChI=1S/C24H28N2O5/c1-16(21(27)26-14-13-25-23(26)29)31-22(28)18-7-5-17(6-8-18)15-30-20-11-9-19(10-12-20)24(2,3)4/h5-12,16H,13-15H2,1-4H3,(H,25,29). The van der Waals surface area contributed by atoms with Crippen LogP contribution in [-0.4, -0.2) is 42.0 Å². The minimum atomic E-state index is -1.05. The van der Waals surface area contributed by atoms with Crippen LogP contribution in [0.2, 0.25) is 0 Å². The molecule has 7 nitrogen and oxygen atoms in total. The summed E-state index contributed by atoms with van der Waals surface area (Å²) >= 11 is 0. The Morgan fingerprint density at radius 1 is 1.06 bits per heavy atom. The van der Waals surface area contributed by atoms with Crippen LogP contribution in [-0.2, 0) is 21.6 Å². The number of rotatable bonds is 6. The Morgan fingerprint density at radius 2 is 1.71 bits per heavy atom. The van der Waals surface area contributed by atoms with Crippen LogP contribution in [0.4, 0.5) is 4.79 Å². The lowest BCUT2D eigenvalue weighted by atomic mass is 9.87. The van der Waals surface area contributed by atoms with Crippen molar-refractivity contribution < 1.29 is 23.9 Å². The first kappa shape index (κ1) is 22.3. The maximum absolute atomic E-state index is 12.3. The maximum atomic E-state index is 12.3. The van der Waals surface area contributed by atoms with Crippen LogP contribution in [0.15, 0.2) is 48.5 Å². The second-order valence-electron chi connectivity index (χ2n) is 8.53. The second-order valence-corrected chi connectivity index (χ2v) is 8.53. The monoisotopic (exact) mass is 424 g/mol. The van der Waals surface area contributed by atoms with Gasteiger partial charge < -0.3 is 14.8 Å². The van der Waals surface area contributed by atoms with E-state index in [1.165, 1.54) is 12.5 Å². The van der Waals surface area contributed by atoms with Crippen molar-refractivity contribution in [2.75, 3.05) is 13.1 Å². The van der Waals surface area contributed by atoms with Crippen molar-refractivity contribution >= 4 is 17.9 Å². The molecule has 7 heteroatoms. The Labute approximate surface area is 182 Å². The number of ether oxygens (including phenoxy) is 2. The van der Waals surface area contributed by atoms with Crippen LogP contribution in [0.3, 0.4) is 0 Å². The molecule has 1 aliphatic rings. The van der Waals surface area contributed by atoms with Crippen molar-refractivity contribution in [2.24, 2.45) is 0 Å². The van der Waals surface area contributed by atoms with Crippen molar-refractivity contribution in [1.29, 1.82) is 0 Å². The molecule has 1 saturated heterocycles. The number of amides is 3. The molecule has 0 bridgehead atoms. The second kappa shape index (κ2) is 9.20. The zero-order valence-corrected chi connectivity index (χ0v) is 18.3. The van der Waals surface area contributed by atoms with Gasteiger partial charge in [-0.1, -0.05) is 45.0 Å². The normalized spacial score (nSPS) is 14.7. The molecule has 31 heavy (non-hydrogen) atoms. The van der Waals surface area contributed by atoms with Crippen LogP contribution < -0.4 is 10.1 Å². The SMILES string of the molecule is CC(OC(=O)c1ccc(COc2ccc(C(C)(C)C)cc2)cc1)C(=O)N1CCNC1=O. The van der Waals surface area contributed by atoms with Crippen molar-refractivity contribution in [3.8, 4) is 5.75 Å². The van der Waals surface area contributed by atoms with Gasteiger partial charge in [-0.3, -0.25) is 9.69 Å². The van der Waals surface area contributed by atoms with E-state index in [9.17, 15) is 14.4 Å². The molecule has 2 aromatic carbocycles. The zero-order valence-electron chi connectivity index (χ0n) is 18.3. The largest absolute Gasteiger partial charge is 0.489 e. The summed E-state index contributed by atoms with van der Waals surface area (Å²) in [6, 6.07) is 14.4. The van der Waals surface area contributed by atoms with E-state index in [-0.39, 0.29) is 12.0 Å². The van der Waals surface area contributed by atoms with Gasteiger partial charge in [-0.25, -0.2) is 9.59 Å². The molecule has 3 rings (SSSR count). The Balaban J connectivity index is 1.52. The average molecular weight is 424 g/mol. The highest BCUT2D eigenvalue weighted by Gasteiger charge is 2.31. The lowest BCUT2D eigenvalue weighted by Crippen LogP contribution is -2.41. The number of esters is 1. The van der Waals surface area contributed by atoms with Crippen LogP contribution in [0, 0.1) is 0 Å². The van der Waals surface area contributed by atoms with Crippen LogP contribution >= 0.6 is 0 Å². The van der Waals surface area contributed by atoms with Gasteiger partial charge in [0, 0.05) is 13.1 Å². The molecular weight excluding hydrogens is 396 g/mol. The Hall–Kier alpha value is -3.35. The molecular formula is C24H28N2O5. The van der Waals surface area contributed by atoms with E-state index in [1.807, 2.05) is 12.1 Å². The van der Waals surface area contributed by atoms with Gasteiger partial charge in [0.05, 0.1) is 5.56 Å². The number of carbonyl (C=O) groups excluding carboxylic acids is 3. The van der Waals surface area contributed by atoms with Crippen molar-refractivity contribution in [2.45, 2.75) is 45.8 Å². The number of hydrogen-bond donors (Lipinski definition) is 1. The highest BCUT2D eigenvalue weighted by Crippen LogP contribution is 2.24. The summed E-state index contributed by atoms with van der Waals surface area (Å²) in [5, 5.41) is 2.54. The van der Waals surface area contributed by atoms with E-state index < -0.39 is 24.0 Å². The van der Waals surface area contributed by atoms with Gasteiger partial charge in [-0.15, -0.1) is 0 Å². The molecule has 1 N–H and O–H groups in total. The summed E-state index contributed by atoms with van der Waals surface area (Å²) < 4.78 is 11.0. The number of benzene rings is 2. The number of urea groups is 1. The van der Waals surface area contributed by atoms with Gasteiger partial charge in [0.1, 0.15) is 12.4 Å². The van der Waals surface area contributed by atoms with Crippen molar-refractivity contribution in [1.82, 2.24) is 10.2 Å². The fourth-order valence-electron chi connectivity index (χ4n) is 3.14. The fourth-order valence-corrected chi connectivity index (χ4v) is 3.14. The number of nitrogens with one attached hydrogen (secondary N) is 1. The van der Waals surface area contributed by atoms with Gasteiger partial charge in [0.2, 0.25) is 0 Å². The third-order valence-corrected chi connectivity index (χ3v) is 5.07. The van der Waals surface area contributed by atoms with Gasteiger partial charge in [0.15, 0.2) is 6.10 Å². The molecule has 3 amide bonds. The first-order valence-electron chi connectivity index (χ1n) is 10.3. The van der Waals surface area contributed by atoms with Crippen LogP contribution in [0.5, 0.6) is 5.75 Å². The molecule has 0 aromatic heterocycles. The van der Waals surface area contributed by atoms with E-state index in [0.717, 1.165) is 16.2 Å². The lowest BCUT2D eigenvalue weighted by Gasteiger charge is -2.19. The number of imide groups is 1. The lowest BCUT2D eigenvalue weighted by molar-refractivity contribution is -0.136. The minimum absolute atomic E-state index is 0.0893. The summed E-state index contributed by atoms with van der Waals surface area (Å²) in [5.41, 5.74) is 2.55. The van der Waals surface area contributed by atoms with E-state index >= 15 is 0 Å². The summed E-state index contributed by atoms with van der Waals surface area (Å²) in [6.45, 7) is 8.98. The fraction of sp³-hybridized carbons (Fsp3) is 0.375. The first-order valence-corrected chi connectivity index (χ1v) is 10.3. The predicted molar refractivity (Wildman–Crippen MR) is 116 cm³/mol. The zero-order chi connectivity index (χ0) is 22.6. The predicted octanol–water partition coefficient (Wildman–Crippen LogP) is 3.66. The topological polar surface area (TPSA) is 84.9 Å². The van der Waals surface area contributed by atoms with Crippen LogP contribution in [0.1, 0.15) is 49.2 Å².